The second-order valence-electron chi connectivity index (χ2n) is 4.41. The highest BCUT2D eigenvalue weighted by Gasteiger charge is 2.23. The Bertz CT molecular complexity index is 509. The van der Waals surface area contributed by atoms with Crippen molar-refractivity contribution in [2.45, 2.75) is 6.42 Å². The van der Waals surface area contributed by atoms with Crippen LogP contribution in [0.15, 0.2) is 18.2 Å². The van der Waals surface area contributed by atoms with Gasteiger partial charge in [0.1, 0.15) is 11.6 Å². The molecule has 2 rings (SSSR count). The Hall–Kier alpha value is -2.13. The summed E-state index contributed by atoms with van der Waals surface area (Å²) in [6.45, 7) is 2.30. The highest BCUT2D eigenvalue weighted by molar-refractivity contribution is 5.60. The maximum Gasteiger partial charge on any atom is 0.289 e. The zero-order valence-electron chi connectivity index (χ0n) is 9.87. The second kappa shape index (κ2) is 5.02. The molecular formula is C12H14N4O2. The molecule has 6 heteroatoms. The van der Waals surface area contributed by atoms with Crippen molar-refractivity contribution in [3.8, 4) is 6.07 Å². The van der Waals surface area contributed by atoms with E-state index < -0.39 is 4.92 Å². The summed E-state index contributed by atoms with van der Waals surface area (Å²) in [4.78, 5) is 12.4. The van der Waals surface area contributed by atoms with Gasteiger partial charge in [0.2, 0.25) is 0 Å². The zero-order valence-corrected chi connectivity index (χ0v) is 9.87. The summed E-state index contributed by atoms with van der Waals surface area (Å²) in [7, 11) is 0. The maximum absolute atomic E-state index is 10.9. The molecule has 1 heterocycles. The highest BCUT2D eigenvalue weighted by atomic mass is 16.6. The number of anilines is 1. The van der Waals surface area contributed by atoms with Crippen molar-refractivity contribution in [1.29, 1.82) is 5.26 Å². The lowest BCUT2D eigenvalue weighted by atomic mass is 10.1. The summed E-state index contributed by atoms with van der Waals surface area (Å²) < 4.78 is 0. The van der Waals surface area contributed by atoms with Crippen LogP contribution in [0.5, 0.6) is 0 Å². The van der Waals surface area contributed by atoms with Crippen molar-refractivity contribution in [1.82, 2.24) is 0 Å². The average Bonchev–Trinajstić information content (AvgIpc) is 2.86. The van der Waals surface area contributed by atoms with Gasteiger partial charge in [-0.15, -0.1) is 0 Å². The van der Waals surface area contributed by atoms with Crippen LogP contribution in [0.25, 0.3) is 0 Å². The number of nitrogens with zero attached hydrogens (tertiary/aromatic N) is 3. The van der Waals surface area contributed by atoms with Crippen molar-refractivity contribution in [3.05, 3.63) is 33.9 Å². The average molecular weight is 246 g/mol. The standard InChI is InChI=1S/C12H14N4O2/c13-6-9-3-4-15(8-9)11-2-1-10(7-14)12(5-11)16(17)18/h1-2,5,9H,3-4,6,8,13H2. The maximum atomic E-state index is 10.9. The SMILES string of the molecule is N#Cc1ccc(N2CCC(CN)C2)cc1[N+](=O)[O-]. The number of benzene rings is 1. The first-order valence-electron chi connectivity index (χ1n) is 5.79. The third kappa shape index (κ3) is 2.26. The summed E-state index contributed by atoms with van der Waals surface area (Å²) in [5.74, 6) is 0.444. The zero-order chi connectivity index (χ0) is 13.1. The molecule has 1 fully saturated rings. The number of nitro benzene ring substituents is 1. The molecule has 0 spiro atoms. The van der Waals surface area contributed by atoms with E-state index in [2.05, 4.69) is 4.90 Å². The molecule has 1 saturated heterocycles. The van der Waals surface area contributed by atoms with Gasteiger partial charge in [0.05, 0.1) is 4.92 Å². The molecule has 0 radical (unpaired) electrons. The van der Waals surface area contributed by atoms with E-state index in [0.717, 1.165) is 25.2 Å². The molecule has 1 unspecified atom stereocenters. The van der Waals surface area contributed by atoms with Crippen molar-refractivity contribution >= 4 is 11.4 Å². The first kappa shape index (κ1) is 12.3. The molecule has 18 heavy (non-hydrogen) atoms. The van der Waals surface area contributed by atoms with E-state index in [0.29, 0.717) is 12.5 Å². The fourth-order valence-corrected chi connectivity index (χ4v) is 2.22. The number of nitrogens with two attached hydrogens (primary N) is 1. The molecule has 0 aliphatic carbocycles. The Balaban J connectivity index is 2.28. The summed E-state index contributed by atoms with van der Waals surface area (Å²) in [6, 6.07) is 6.56. The van der Waals surface area contributed by atoms with Gasteiger partial charge in [0, 0.05) is 24.8 Å². The van der Waals surface area contributed by atoms with Gasteiger partial charge < -0.3 is 10.6 Å². The van der Waals surface area contributed by atoms with Gasteiger partial charge >= 0.3 is 0 Å². The number of hydrogen-bond donors (Lipinski definition) is 1. The number of rotatable bonds is 3. The van der Waals surface area contributed by atoms with Crippen LogP contribution in [0.1, 0.15) is 12.0 Å². The molecule has 1 aromatic carbocycles. The first-order valence-corrected chi connectivity index (χ1v) is 5.79. The van der Waals surface area contributed by atoms with E-state index in [9.17, 15) is 10.1 Å². The molecule has 1 aromatic rings. The van der Waals surface area contributed by atoms with Crippen molar-refractivity contribution in [3.63, 3.8) is 0 Å². The predicted molar refractivity (Wildman–Crippen MR) is 67.2 cm³/mol. The van der Waals surface area contributed by atoms with E-state index in [1.165, 1.54) is 12.1 Å². The van der Waals surface area contributed by atoms with E-state index in [-0.39, 0.29) is 11.3 Å². The third-order valence-corrected chi connectivity index (χ3v) is 3.28. The van der Waals surface area contributed by atoms with Gasteiger partial charge in [0.15, 0.2) is 0 Å². The lowest BCUT2D eigenvalue weighted by Crippen LogP contribution is -2.22. The minimum absolute atomic E-state index is 0.0957. The fraction of sp³-hybridized carbons (Fsp3) is 0.417. The van der Waals surface area contributed by atoms with Gasteiger partial charge in [-0.1, -0.05) is 0 Å². The molecule has 94 valence electrons. The Morgan fingerprint density at radius 2 is 2.39 bits per heavy atom. The van der Waals surface area contributed by atoms with Crippen LogP contribution in [-0.4, -0.2) is 24.6 Å². The molecular weight excluding hydrogens is 232 g/mol. The van der Waals surface area contributed by atoms with E-state index in [1.807, 2.05) is 6.07 Å². The molecule has 0 amide bonds. The molecule has 1 atom stereocenters. The summed E-state index contributed by atoms with van der Waals surface area (Å²) in [5.41, 5.74) is 6.37. The number of nitriles is 1. The molecule has 1 aliphatic rings. The van der Waals surface area contributed by atoms with E-state index in [4.69, 9.17) is 11.0 Å². The lowest BCUT2D eigenvalue weighted by Gasteiger charge is -2.18. The Kier molecular flexibility index (Phi) is 3.44. The van der Waals surface area contributed by atoms with Gasteiger partial charge in [-0.05, 0) is 31.0 Å². The minimum atomic E-state index is -0.515. The quantitative estimate of drug-likeness (QED) is 0.639. The fourth-order valence-electron chi connectivity index (χ4n) is 2.22. The van der Waals surface area contributed by atoms with Crippen LogP contribution in [-0.2, 0) is 0 Å². The van der Waals surface area contributed by atoms with E-state index in [1.54, 1.807) is 6.07 Å². The van der Waals surface area contributed by atoms with Crippen LogP contribution in [0.2, 0.25) is 0 Å². The Morgan fingerprint density at radius 1 is 1.61 bits per heavy atom. The van der Waals surface area contributed by atoms with Gasteiger partial charge in [-0.2, -0.15) is 5.26 Å². The smallest absolute Gasteiger partial charge is 0.289 e. The topological polar surface area (TPSA) is 96.2 Å². The monoisotopic (exact) mass is 246 g/mol. The molecule has 1 aliphatic heterocycles. The van der Waals surface area contributed by atoms with Crippen LogP contribution in [0.3, 0.4) is 0 Å². The normalized spacial score (nSPS) is 18.7. The number of nitro groups is 1. The van der Waals surface area contributed by atoms with Crippen LogP contribution >= 0.6 is 0 Å². The van der Waals surface area contributed by atoms with Crippen LogP contribution in [0, 0.1) is 27.4 Å². The number of hydrogen-bond acceptors (Lipinski definition) is 5. The molecule has 0 aromatic heterocycles. The lowest BCUT2D eigenvalue weighted by molar-refractivity contribution is -0.385. The summed E-state index contributed by atoms with van der Waals surface area (Å²) in [6.07, 6.45) is 1.00. The van der Waals surface area contributed by atoms with Gasteiger partial charge in [0.25, 0.3) is 5.69 Å². The largest absolute Gasteiger partial charge is 0.371 e. The third-order valence-electron chi connectivity index (χ3n) is 3.28. The van der Waals surface area contributed by atoms with Crippen LogP contribution in [0.4, 0.5) is 11.4 Å². The van der Waals surface area contributed by atoms with Gasteiger partial charge in [-0.3, -0.25) is 10.1 Å². The molecule has 0 bridgehead atoms. The first-order chi connectivity index (χ1) is 8.65. The van der Waals surface area contributed by atoms with Crippen LogP contribution < -0.4 is 10.6 Å². The van der Waals surface area contributed by atoms with Crippen molar-refractivity contribution < 1.29 is 4.92 Å². The molecule has 0 saturated carbocycles. The predicted octanol–water partition coefficient (Wildman–Crippen LogP) is 1.25. The highest BCUT2D eigenvalue weighted by Crippen LogP contribution is 2.28. The summed E-state index contributed by atoms with van der Waals surface area (Å²) >= 11 is 0. The van der Waals surface area contributed by atoms with E-state index >= 15 is 0 Å². The Morgan fingerprint density at radius 3 is 2.94 bits per heavy atom. The second-order valence-corrected chi connectivity index (χ2v) is 4.41. The molecule has 6 nitrogen and oxygen atoms in total. The van der Waals surface area contributed by atoms with Crippen molar-refractivity contribution in [2.24, 2.45) is 11.7 Å². The Labute approximate surface area is 105 Å². The summed E-state index contributed by atoms with van der Waals surface area (Å²) in [5, 5.41) is 19.7. The van der Waals surface area contributed by atoms with Gasteiger partial charge in [-0.25, -0.2) is 0 Å². The van der Waals surface area contributed by atoms with Crippen molar-refractivity contribution in [2.75, 3.05) is 24.5 Å². The minimum Gasteiger partial charge on any atom is -0.371 e. The molecule has 2 N–H and O–H groups in total.